The largest absolute Gasteiger partial charge is 0.508 e. The molecule has 0 spiro atoms. The Morgan fingerprint density at radius 1 is 0.842 bits per heavy atom. The molecule has 2 aromatic carbocycles. The van der Waals surface area contributed by atoms with Crippen molar-refractivity contribution in [3.05, 3.63) is 65.7 Å². The minimum absolute atomic E-state index is 0. The van der Waals surface area contributed by atoms with E-state index in [0.29, 0.717) is 5.56 Å². The van der Waals surface area contributed by atoms with Gasteiger partial charge in [-0.1, -0.05) is 24.3 Å². The van der Waals surface area contributed by atoms with E-state index in [-0.39, 0.29) is 23.7 Å². The van der Waals surface area contributed by atoms with Crippen LogP contribution in [0.2, 0.25) is 0 Å². The maximum atomic E-state index is 11.6. The molecule has 1 N–H and O–H groups in total. The third kappa shape index (κ3) is 3.82. The number of esters is 2. The lowest BCUT2D eigenvalue weighted by atomic mass is 10.2. The number of carbonyl (C=O) groups is 2. The second kappa shape index (κ2) is 6.56. The van der Waals surface area contributed by atoms with Crippen LogP contribution < -0.4 is 0 Å². The number of ether oxygens (including phenoxy) is 1. The van der Waals surface area contributed by atoms with Gasteiger partial charge in [-0.2, -0.15) is 0 Å². The quantitative estimate of drug-likeness (QED) is 0.678. The smallest absolute Gasteiger partial charge is 0.346 e. The van der Waals surface area contributed by atoms with Crippen molar-refractivity contribution < 1.29 is 19.4 Å². The van der Waals surface area contributed by atoms with Gasteiger partial charge in [0, 0.05) is 0 Å². The number of hydrogen-bond acceptors (Lipinski definition) is 4. The molecule has 2 aromatic rings. The van der Waals surface area contributed by atoms with Crippen LogP contribution in [0, 0.1) is 0 Å². The molecule has 0 radical (unpaired) electrons. The van der Waals surface area contributed by atoms with Crippen molar-refractivity contribution in [3.8, 4) is 5.75 Å². The van der Waals surface area contributed by atoms with Gasteiger partial charge in [0.1, 0.15) is 5.75 Å². The second-order valence-corrected chi connectivity index (χ2v) is 3.59. The van der Waals surface area contributed by atoms with Gasteiger partial charge in [-0.25, -0.2) is 9.59 Å². The maximum Gasteiger partial charge on any atom is 0.346 e. The third-order valence-electron chi connectivity index (χ3n) is 2.28. The van der Waals surface area contributed by atoms with Crippen molar-refractivity contribution in [2.75, 3.05) is 0 Å². The first kappa shape index (κ1) is 14.7. The van der Waals surface area contributed by atoms with E-state index in [1.54, 1.807) is 30.3 Å². The molecule has 0 aliphatic heterocycles. The topological polar surface area (TPSA) is 63.6 Å². The summed E-state index contributed by atoms with van der Waals surface area (Å²) in [6, 6.07) is 13.8. The SMILES string of the molecule is Cl.O=C(OC(=O)c1cccc(O)c1)c1ccccc1. The average Bonchev–Trinajstić information content (AvgIpc) is 2.39. The summed E-state index contributed by atoms with van der Waals surface area (Å²) in [5, 5.41) is 9.22. The summed E-state index contributed by atoms with van der Waals surface area (Å²) < 4.78 is 4.69. The Bertz CT molecular complexity index is 581. The van der Waals surface area contributed by atoms with Crippen molar-refractivity contribution in [1.82, 2.24) is 0 Å². The van der Waals surface area contributed by atoms with Crippen LogP contribution in [-0.2, 0) is 4.74 Å². The summed E-state index contributed by atoms with van der Waals surface area (Å²) >= 11 is 0. The predicted molar refractivity (Wildman–Crippen MR) is 71.5 cm³/mol. The van der Waals surface area contributed by atoms with E-state index in [4.69, 9.17) is 0 Å². The molecular formula is C14H11ClO4. The van der Waals surface area contributed by atoms with Crippen molar-refractivity contribution >= 4 is 24.3 Å². The zero-order chi connectivity index (χ0) is 13.0. The standard InChI is InChI=1S/C14H10O4.ClH/c15-12-8-4-7-11(9-12)14(17)18-13(16)10-5-2-1-3-6-10;/h1-9,15H;1H. The molecule has 0 atom stereocenters. The number of phenols is 1. The van der Waals surface area contributed by atoms with Gasteiger partial charge in [-0.15, -0.1) is 12.4 Å². The molecule has 98 valence electrons. The summed E-state index contributed by atoms with van der Waals surface area (Å²) in [4.78, 5) is 23.2. The third-order valence-corrected chi connectivity index (χ3v) is 2.28. The van der Waals surface area contributed by atoms with Crippen molar-refractivity contribution in [2.45, 2.75) is 0 Å². The Hall–Kier alpha value is -2.33. The number of phenolic OH excluding ortho intramolecular Hbond substituents is 1. The molecule has 0 amide bonds. The highest BCUT2D eigenvalue weighted by atomic mass is 35.5. The van der Waals surface area contributed by atoms with Crippen LogP contribution in [0.25, 0.3) is 0 Å². The molecule has 0 fully saturated rings. The summed E-state index contributed by atoms with van der Waals surface area (Å²) in [6.07, 6.45) is 0. The van der Waals surface area contributed by atoms with Gasteiger partial charge in [0.2, 0.25) is 0 Å². The van der Waals surface area contributed by atoms with Gasteiger partial charge in [-0.05, 0) is 30.3 Å². The van der Waals surface area contributed by atoms with E-state index >= 15 is 0 Å². The minimum atomic E-state index is -0.792. The Morgan fingerprint density at radius 3 is 2.05 bits per heavy atom. The van der Waals surface area contributed by atoms with E-state index in [0.717, 1.165) is 0 Å². The lowest BCUT2D eigenvalue weighted by molar-refractivity contribution is 0.0397. The van der Waals surface area contributed by atoms with Gasteiger partial charge in [0.05, 0.1) is 11.1 Å². The van der Waals surface area contributed by atoms with Crippen LogP contribution in [0.4, 0.5) is 0 Å². The zero-order valence-electron chi connectivity index (χ0n) is 9.78. The van der Waals surface area contributed by atoms with Crippen molar-refractivity contribution in [1.29, 1.82) is 0 Å². The number of halogens is 1. The fourth-order valence-corrected chi connectivity index (χ4v) is 1.41. The van der Waals surface area contributed by atoms with Gasteiger partial charge < -0.3 is 9.84 Å². The molecule has 0 saturated carbocycles. The highest BCUT2D eigenvalue weighted by molar-refractivity contribution is 6.02. The number of rotatable bonds is 2. The van der Waals surface area contributed by atoms with E-state index in [1.807, 2.05) is 0 Å². The monoisotopic (exact) mass is 278 g/mol. The Kier molecular flexibility index (Phi) is 5.09. The summed E-state index contributed by atoms with van der Waals surface area (Å²) in [5.41, 5.74) is 0.422. The molecular weight excluding hydrogens is 268 g/mol. The van der Waals surface area contributed by atoms with Gasteiger partial charge in [0.15, 0.2) is 0 Å². The number of carbonyl (C=O) groups excluding carboxylic acids is 2. The second-order valence-electron chi connectivity index (χ2n) is 3.59. The molecule has 0 unspecified atom stereocenters. The number of benzene rings is 2. The highest BCUT2D eigenvalue weighted by Crippen LogP contribution is 2.12. The van der Waals surface area contributed by atoms with E-state index in [9.17, 15) is 14.7 Å². The van der Waals surface area contributed by atoms with Crippen LogP contribution in [0.3, 0.4) is 0 Å². The van der Waals surface area contributed by atoms with Gasteiger partial charge >= 0.3 is 11.9 Å². The van der Waals surface area contributed by atoms with Gasteiger partial charge in [-0.3, -0.25) is 0 Å². The lowest BCUT2D eigenvalue weighted by Crippen LogP contribution is -2.12. The minimum Gasteiger partial charge on any atom is -0.508 e. The number of hydrogen-bond donors (Lipinski definition) is 1. The van der Waals surface area contributed by atoms with E-state index in [1.165, 1.54) is 24.3 Å². The lowest BCUT2D eigenvalue weighted by Gasteiger charge is -2.03. The first-order valence-electron chi connectivity index (χ1n) is 5.27. The number of aromatic hydroxyl groups is 1. The van der Waals surface area contributed by atoms with E-state index < -0.39 is 11.9 Å². The molecule has 4 nitrogen and oxygen atoms in total. The van der Waals surface area contributed by atoms with Crippen LogP contribution >= 0.6 is 12.4 Å². The average molecular weight is 279 g/mol. The summed E-state index contributed by atoms with van der Waals surface area (Å²) in [7, 11) is 0. The first-order valence-corrected chi connectivity index (χ1v) is 5.27. The maximum absolute atomic E-state index is 11.6. The van der Waals surface area contributed by atoms with Gasteiger partial charge in [0.25, 0.3) is 0 Å². The first-order chi connectivity index (χ1) is 8.66. The Morgan fingerprint density at radius 2 is 1.42 bits per heavy atom. The van der Waals surface area contributed by atoms with Crippen LogP contribution in [0.1, 0.15) is 20.7 Å². The normalized spacial score (nSPS) is 9.26. The summed E-state index contributed by atoms with van der Waals surface area (Å²) in [5.74, 6) is -1.57. The van der Waals surface area contributed by atoms with Crippen molar-refractivity contribution in [3.63, 3.8) is 0 Å². The molecule has 0 aliphatic rings. The Labute approximate surface area is 116 Å². The fraction of sp³-hybridized carbons (Fsp3) is 0. The fourth-order valence-electron chi connectivity index (χ4n) is 1.41. The molecule has 19 heavy (non-hydrogen) atoms. The highest BCUT2D eigenvalue weighted by Gasteiger charge is 2.14. The molecule has 2 rings (SSSR count). The molecule has 0 saturated heterocycles. The van der Waals surface area contributed by atoms with E-state index in [2.05, 4.69) is 4.74 Å². The van der Waals surface area contributed by atoms with Crippen LogP contribution in [0.5, 0.6) is 5.75 Å². The molecule has 0 bridgehead atoms. The Balaban J connectivity index is 0.00000180. The molecule has 0 aliphatic carbocycles. The van der Waals surface area contributed by atoms with Crippen LogP contribution in [-0.4, -0.2) is 17.0 Å². The zero-order valence-corrected chi connectivity index (χ0v) is 10.6. The van der Waals surface area contributed by atoms with Crippen molar-refractivity contribution in [2.24, 2.45) is 0 Å². The summed E-state index contributed by atoms with van der Waals surface area (Å²) in [6.45, 7) is 0. The molecule has 0 heterocycles. The molecule has 5 heteroatoms. The molecule has 0 aromatic heterocycles. The predicted octanol–water partition coefficient (Wildman–Crippen LogP) is 2.81. The van der Waals surface area contributed by atoms with Crippen LogP contribution in [0.15, 0.2) is 54.6 Å².